The van der Waals surface area contributed by atoms with E-state index in [0.717, 1.165) is 18.9 Å². The maximum absolute atomic E-state index is 11.6. The van der Waals surface area contributed by atoms with E-state index in [0.29, 0.717) is 6.42 Å². The van der Waals surface area contributed by atoms with Gasteiger partial charge in [0.25, 0.3) is 0 Å². The molecule has 0 spiro atoms. The van der Waals surface area contributed by atoms with Gasteiger partial charge in [0.05, 0.1) is 6.42 Å². The van der Waals surface area contributed by atoms with Crippen LogP contribution in [0.15, 0.2) is 5.10 Å². The van der Waals surface area contributed by atoms with Crippen LogP contribution in [0.1, 0.15) is 149 Å². The Morgan fingerprint density at radius 3 is 1.29 bits per heavy atom. The quantitative estimate of drug-likeness (QED) is 0.175. The van der Waals surface area contributed by atoms with Gasteiger partial charge in [0.2, 0.25) is 5.91 Å². The van der Waals surface area contributed by atoms with E-state index in [1.165, 1.54) is 128 Å². The van der Waals surface area contributed by atoms with Crippen molar-refractivity contribution >= 4 is 11.7 Å². The Hall–Kier alpha value is -1.06. The van der Waals surface area contributed by atoms with Crippen LogP contribution in [0.5, 0.6) is 0 Å². The molecular formula is C27H53N3O. The molecule has 0 aromatic heterocycles. The molecule has 1 aliphatic heterocycles. The first-order valence-electron chi connectivity index (χ1n) is 13.9. The maximum atomic E-state index is 11.6. The zero-order valence-electron chi connectivity index (χ0n) is 21.1. The number of hydrogen-bond acceptors (Lipinski definition) is 3. The van der Waals surface area contributed by atoms with E-state index in [-0.39, 0.29) is 5.91 Å². The Balaban J connectivity index is 2.07. The van der Waals surface area contributed by atoms with E-state index in [1.54, 1.807) is 0 Å². The van der Waals surface area contributed by atoms with Gasteiger partial charge in [0, 0.05) is 13.1 Å². The lowest BCUT2D eigenvalue weighted by Gasteiger charge is -2.23. The van der Waals surface area contributed by atoms with Crippen LogP contribution < -0.4 is 5.43 Å². The third kappa shape index (κ3) is 16.3. The van der Waals surface area contributed by atoms with Gasteiger partial charge in [-0.25, -0.2) is 5.43 Å². The number of carbonyl (C=O) groups is 1. The number of amidine groups is 1. The van der Waals surface area contributed by atoms with Gasteiger partial charge in [-0.1, -0.05) is 129 Å². The fourth-order valence-electron chi connectivity index (χ4n) is 4.48. The van der Waals surface area contributed by atoms with Crippen molar-refractivity contribution in [3.05, 3.63) is 0 Å². The summed E-state index contributed by atoms with van der Waals surface area (Å²) < 4.78 is 0. The molecule has 0 saturated carbocycles. The maximum Gasteiger partial charge on any atom is 0.247 e. The fraction of sp³-hybridized carbons (Fsp3) is 0.926. The van der Waals surface area contributed by atoms with E-state index in [2.05, 4.69) is 29.3 Å². The molecule has 0 atom stereocenters. The highest BCUT2D eigenvalue weighted by Crippen LogP contribution is 2.14. The Morgan fingerprint density at radius 1 is 0.613 bits per heavy atom. The molecule has 0 aromatic rings. The predicted octanol–water partition coefficient (Wildman–Crippen LogP) is 7.96. The standard InChI is InChI=1S/C27H53N3O/c1-3-5-7-9-11-13-15-17-19-21-23-30(26-25-27(31)29-28-26)24-22-20-18-16-14-12-10-8-6-4-2/h3-25H2,1-2H3,(H,29,31). The van der Waals surface area contributed by atoms with Gasteiger partial charge in [-0.05, 0) is 12.8 Å². The summed E-state index contributed by atoms with van der Waals surface area (Å²) in [5.41, 5.74) is 2.64. The average molecular weight is 436 g/mol. The fourth-order valence-corrected chi connectivity index (χ4v) is 4.48. The first-order valence-corrected chi connectivity index (χ1v) is 13.9. The zero-order chi connectivity index (χ0) is 22.4. The molecule has 0 aromatic carbocycles. The molecule has 0 aliphatic carbocycles. The predicted molar refractivity (Wildman–Crippen MR) is 135 cm³/mol. The third-order valence-corrected chi connectivity index (χ3v) is 6.56. The first-order chi connectivity index (χ1) is 15.3. The molecule has 1 heterocycles. The number of hydrazone groups is 1. The van der Waals surface area contributed by atoms with Gasteiger partial charge in [-0.2, -0.15) is 5.10 Å². The smallest absolute Gasteiger partial charge is 0.247 e. The number of carbonyl (C=O) groups excluding carboxylic acids is 1. The lowest BCUT2D eigenvalue weighted by molar-refractivity contribution is -0.119. The van der Waals surface area contributed by atoms with Crippen LogP contribution in [0.2, 0.25) is 0 Å². The summed E-state index contributed by atoms with van der Waals surface area (Å²) >= 11 is 0. The average Bonchev–Trinajstić information content (AvgIpc) is 3.21. The number of hydrogen-bond donors (Lipinski definition) is 1. The number of nitrogens with zero attached hydrogens (tertiary/aromatic N) is 2. The summed E-state index contributed by atoms with van der Waals surface area (Å²) in [6.45, 7) is 6.68. The van der Waals surface area contributed by atoms with Crippen molar-refractivity contribution in [2.24, 2.45) is 5.10 Å². The Morgan fingerprint density at radius 2 is 0.968 bits per heavy atom. The third-order valence-electron chi connectivity index (χ3n) is 6.56. The number of nitrogens with one attached hydrogen (secondary N) is 1. The van der Waals surface area contributed by atoms with Crippen molar-refractivity contribution in [2.75, 3.05) is 13.1 Å². The van der Waals surface area contributed by atoms with Crippen LogP contribution in [-0.4, -0.2) is 29.7 Å². The molecule has 1 N–H and O–H groups in total. The van der Waals surface area contributed by atoms with Crippen LogP contribution in [0.3, 0.4) is 0 Å². The minimum Gasteiger partial charge on any atom is -0.358 e. The molecule has 31 heavy (non-hydrogen) atoms. The molecule has 1 amide bonds. The molecule has 182 valence electrons. The molecule has 0 unspecified atom stereocenters. The van der Waals surface area contributed by atoms with Gasteiger partial charge in [-0.3, -0.25) is 4.79 Å². The van der Waals surface area contributed by atoms with Gasteiger partial charge in [-0.15, -0.1) is 0 Å². The van der Waals surface area contributed by atoms with E-state index in [1.807, 2.05) is 0 Å². The molecule has 0 saturated heterocycles. The van der Waals surface area contributed by atoms with Crippen LogP contribution in [0.25, 0.3) is 0 Å². The Bertz CT molecular complexity index is 426. The normalized spacial score (nSPS) is 13.5. The lowest BCUT2D eigenvalue weighted by atomic mass is 10.1. The van der Waals surface area contributed by atoms with Gasteiger partial charge in [0.15, 0.2) is 0 Å². The van der Waals surface area contributed by atoms with E-state index in [9.17, 15) is 4.79 Å². The van der Waals surface area contributed by atoms with E-state index >= 15 is 0 Å². The zero-order valence-corrected chi connectivity index (χ0v) is 21.1. The van der Waals surface area contributed by atoms with Crippen molar-refractivity contribution in [2.45, 2.75) is 149 Å². The van der Waals surface area contributed by atoms with Crippen molar-refractivity contribution in [1.29, 1.82) is 0 Å². The molecule has 1 rings (SSSR count). The Labute approximate surface area is 194 Å². The largest absolute Gasteiger partial charge is 0.358 e. The van der Waals surface area contributed by atoms with Crippen molar-refractivity contribution < 1.29 is 4.79 Å². The highest BCUT2D eigenvalue weighted by Gasteiger charge is 2.20. The highest BCUT2D eigenvalue weighted by atomic mass is 16.2. The molecule has 0 bridgehead atoms. The first kappa shape index (κ1) is 28.0. The number of unbranched alkanes of at least 4 members (excludes halogenated alkanes) is 18. The molecule has 4 nitrogen and oxygen atoms in total. The summed E-state index contributed by atoms with van der Waals surface area (Å²) in [6, 6.07) is 0. The number of rotatable bonds is 22. The highest BCUT2D eigenvalue weighted by molar-refractivity contribution is 6.03. The van der Waals surface area contributed by atoms with Gasteiger partial charge in [0.1, 0.15) is 5.84 Å². The van der Waals surface area contributed by atoms with Gasteiger partial charge < -0.3 is 4.90 Å². The number of amides is 1. The van der Waals surface area contributed by atoms with Crippen LogP contribution in [0.4, 0.5) is 0 Å². The summed E-state index contributed by atoms with van der Waals surface area (Å²) in [6.07, 6.45) is 27.7. The monoisotopic (exact) mass is 435 g/mol. The van der Waals surface area contributed by atoms with Crippen LogP contribution in [0, 0.1) is 0 Å². The van der Waals surface area contributed by atoms with Crippen LogP contribution >= 0.6 is 0 Å². The second-order valence-electron chi connectivity index (χ2n) is 9.59. The molecular weight excluding hydrogens is 382 g/mol. The second kappa shape index (κ2) is 20.8. The minimum atomic E-state index is 0.0474. The summed E-state index contributed by atoms with van der Waals surface area (Å²) in [4.78, 5) is 14.0. The van der Waals surface area contributed by atoms with E-state index < -0.39 is 0 Å². The molecule has 0 fully saturated rings. The summed E-state index contributed by atoms with van der Waals surface area (Å²) in [5.74, 6) is 1.02. The van der Waals surface area contributed by atoms with Crippen molar-refractivity contribution in [3.8, 4) is 0 Å². The SMILES string of the molecule is CCCCCCCCCCCCN(CCCCCCCCCCCC)C1=NNC(=O)C1. The van der Waals surface area contributed by atoms with Gasteiger partial charge >= 0.3 is 0 Å². The lowest BCUT2D eigenvalue weighted by Crippen LogP contribution is -2.32. The molecule has 4 heteroatoms. The van der Waals surface area contributed by atoms with Crippen molar-refractivity contribution in [1.82, 2.24) is 10.3 Å². The summed E-state index contributed by atoms with van der Waals surface area (Å²) in [7, 11) is 0. The Kier molecular flexibility index (Phi) is 18.8. The topological polar surface area (TPSA) is 44.7 Å². The summed E-state index contributed by atoms with van der Waals surface area (Å²) in [5, 5.41) is 4.29. The van der Waals surface area contributed by atoms with E-state index in [4.69, 9.17) is 0 Å². The van der Waals surface area contributed by atoms with Crippen molar-refractivity contribution in [3.63, 3.8) is 0 Å². The van der Waals surface area contributed by atoms with Crippen LogP contribution in [-0.2, 0) is 4.79 Å². The molecule has 0 radical (unpaired) electrons. The molecule has 1 aliphatic rings. The minimum absolute atomic E-state index is 0.0474. The second-order valence-corrected chi connectivity index (χ2v) is 9.59.